The summed E-state index contributed by atoms with van der Waals surface area (Å²) in [4.78, 5) is 16.7. The molecule has 0 radical (unpaired) electrons. The van der Waals surface area contributed by atoms with E-state index in [-0.39, 0.29) is 18.1 Å². The van der Waals surface area contributed by atoms with E-state index >= 15 is 0 Å². The van der Waals surface area contributed by atoms with Gasteiger partial charge in [-0.25, -0.2) is 14.2 Å². The van der Waals surface area contributed by atoms with Crippen molar-refractivity contribution in [3.05, 3.63) is 92.4 Å². The molecule has 1 aliphatic carbocycles. The van der Waals surface area contributed by atoms with Crippen LogP contribution in [-0.2, 0) is 11.3 Å². The van der Waals surface area contributed by atoms with Crippen molar-refractivity contribution in [2.75, 3.05) is 6.61 Å². The first-order chi connectivity index (χ1) is 16.0. The van der Waals surface area contributed by atoms with Gasteiger partial charge in [0, 0.05) is 20.6 Å². The number of benzene rings is 2. The largest absolute Gasteiger partial charge is 0.488 e. The molecule has 170 valence electrons. The molecular formula is C26H22BrClFNO3. The number of allylic oxidation sites excluding steroid dienone is 2. The van der Waals surface area contributed by atoms with Crippen LogP contribution in [0.25, 0.3) is 11.1 Å². The Kier molecular flexibility index (Phi) is 7.46. The molecule has 0 atom stereocenters. The lowest BCUT2D eigenvalue weighted by molar-refractivity contribution is 0.0519. The molecule has 3 aromatic rings. The standard InChI is InChI=1S/C26H22BrClFNO3/c1-2-32-26(31)24-8-4-7-23(30-24)20-6-3-5-19(20)21-14-18(28)11-12-25(21)33-15-16-9-10-17(27)13-22(16)29/h4,7-14H,2-3,5-6,15H2,1H3. The van der Waals surface area contributed by atoms with Gasteiger partial charge in [-0.15, -0.1) is 0 Å². The van der Waals surface area contributed by atoms with E-state index in [1.165, 1.54) is 6.07 Å². The zero-order chi connectivity index (χ0) is 23.4. The first-order valence-corrected chi connectivity index (χ1v) is 11.9. The van der Waals surface area contributed by atoms with Crippen molar-refractivity contribution in [1.29, 1.82) is 0 Å². The van der Waals surface area contributed by atoms with Crippen LogP contribution in [0.1, 0.15) is 53.5 Å². The fourth-order valence-electron chi connectivity index (χ4n) is 3.90. The van der Waals surface area contributed by atoms with E-state index in [4.69, 9.17) is 21.1 Å². The molecule has 0 spiro atoms. The topological polar surface area (TPSA) is 48.4 Å². The Hall–Kier alpha value is -2.70. The molecule has 0 amide bonds. The Morgan fingerprint density at radius 2 is 1.94 bits per heavy atom. The van der Waals surface area contributed by atoms with Crippen LogP contribution in [0.5, 0.6) is 5.75 Å². The number of ether oxygens (including phenoxy) is 2. The molecule has 0 unspecified atom stereocenters. The fraction of sp³-hybridized carbons (Fsp3) is 0.231. The molecule has 0 fully saturated rings. The maximum absolute atomic E-state index is 14.3. The van der Waals surface area contributed by atoms with Crippen molar-refractivity contribution >= 4 is 44.6 Å². The number of carbonyl (C=O) groups excluding carboxylic acids is 1. The lowest BCUT2D eigenvalue weighted by atomic mass is 9.99. The highest BCUT2D eigenvalue weighted by atomic mass is 79.9. The molecular weight excluding hydrogens is 509 g/mol. The number of aromatic nitrogens is 1. The van der Waals surface area contributed by atoms with Gasteiger partial charge < -0.3 is 9.47 Å². The molecule has 1 heterocycles. The van der Waals surface area contributed by atoms with Crippen LogP contribution in [0.15, 0.2) is 59.1 Å². The van der Waals surface area contributed by atoms with Gasteiger partial charge in [-0.2, -0.15) is 0 Å². The minimum absolute atomic E-state index is 0.0902. The smallest absolute Gasteiger partial charge is 0.356 e. The lowest BCUT2D eigenvalue weighted by Gasteiger charge is -2.15. The van der Waals surface area contributed by atoms with Crippen molar-refractivity contribution in [2.45, 2.75) is 32.8 Å². The van der Waals surface area contributed by atoms with Gasteiger partial charge in [-0.3, -0.25) is 0 Å². The highest BCUT2D eigenvalue weighted by Gasteiger charge is 2.23. The highest BCUT2D eigenvalue weighted by molar-refractivity contribution is 9.10. The first-order valence-electron chi connectivity index (χ1n) is 10.7. The molecule has 0 saturated carbocycles. The summed E-state index contributed by atoms with van der Waals surface area (Å²) in [6.07, 6.45) is 2.59. The summed E-state index contributed by atoms with van der Waals surface area (Å²) in [5.41, 5.74) is 4.44. The van der Waals surface area contributed by atoms with Crippen molar-refractivity contribution in [1.82, 2.24) is 4.98 Å². The fourth-order valence-corrected chi connectivity index (χ4v) is 4.41. The third-order valence-electron chi connectivity index (χ3n) is 5.43. The average Bonchev–Trinajstić information content (AvgIpc) is 3.29. The summed E-state index contributed by atoms with van der Waals surface area (Å²) >= 11 is 9.60. The van der Waals surface area contributed by atoms with Crippen molar-refractivity contribution in [3.63, 3.8) is 0 Å². The number of rotatable bonds is 7. The number of hydrogen-bond donors (Lipinski definition) is 0. The van der Waals surface area contributed by atoms with Crippen LogP contribution in [0.2, 0.25) is 5.02 Å². The quantitative estimate of drug-likeness (QED) is 0.297. The molecule has 1 aromatic heterocycles. The second kappa shape index (κ2) is 10.5. The highest BCUT2D eigenvalue weighted by Crippen LogP contribution is 2.43. The number of carbonyl (C=O) groups is 1. The molecule has 4 rings (SSSR count). The zero-order valence-corrected chi connectivity index (χ0v) is 20.4. The van der Waals surface area contributed by atoms with Crippen molar-refractivity contribution in [3.8, 4) is 5.75 Å². The molecule has 0 bridgehead atoms. The Labute approximate surface area is 205 Å². The van der Waals surface area contributed by atoms with E-state index in [1.54, 1.807) is 37.3 Å². The minimum atomic E-state index is -0.442. The van der Waals surface area contributed by atoms with Gasteiger partial charge in [0.15, 0.2) is 0 Å². The summed E-state index contributed by atoms with van der Waals surface area (Å²) in [7, 11) is 0. The second-order valence-corrected chi connectivity index (χ2v) is 8.96. The van der Waals surface area contributed by atoms with Gasteiger partial charge in [-0.1, -0.05) is 39.7 Å². The monoisotopic (exact) mass is 529 g/mol. The number of pyridine rings is 1. The Bertz CT molecular complexity index is 1230. The summed E-state index contributed by atoms with van der Waals surface area (Å²) in [5, 5.41) is 0.583. The summed E-state index contributed by atoms with van der Waals surface area (Å²) < 4.78 is 26.1. The van der Waals surface area contributed by atoms with Crippen LogP contribution < -0.4 is 4.74 Å². The normalized spacial score (nSPS) is 13.3. The van der Waals surface area contributed by atoms with Gasteiger partial charge in [-0.05, 0) is 79.8 Å². The van der Waals surface area contributed by atoms with E-state index in [2.05, 4.69) is 20.9 Å². The Balaban J connectivity index is 1.69. The van der Waals surface area contributed by atoms with E-state index in [0.717, 1.165) is 41.7 Å². The molecule has 4 nitrogen and oxygen atoms in total. The maximum atomic E-state index is 14.3. The van der Waals surface area contributed by atoms with Crippen molar-refractivity contribution in [2.24, 2.45) is 0 Å². The van der Waals surface area contributed by atoms with Gasteiger partial charge in [0.1, 0.15) is 23.9 Å². The second-order valence-electron chi connectivity index (χ2n) is 7.60. The van der Waals surface area contributed by atoms with Crippen LogP contribution in [0.4, 0.5) is 4.39 Å². The van der Waals surface area contributed by atoms with E-state index in [0.29, 0.717) is 27.4 Å². The van der Waals surface area contributed by atoms with Crippen LogP contribution in [0, 0.1) is 5.82 Å². The van der Waals surface area contributed by atoms with Crippen LogP contribution in [-0.4, -0.2) is 17.6 Å². The molecule has 1 aliphatic rings. The van der Waals surface area contributed by atoms with E-state index in [9.17, 15) is 9.18 Å². The summed E-state index contributed by atoms with van der Waals surface area (Å²) in [6.45, 7) is 2.15. The van der Waals surface area contributed by atoms with Gasteiger partial charge in [0.05, 0.1) is 12.3 Å². The molecule has 2 aromatic carbocycles. The van der Waals surface area contributed by atoms with Gasteiger partial charge in [0.2, 0.25) is 0 Å². The third-order valence-corrected chi connectivity index (χ3v) is 6.15. The molecule has 33 heavy (non-hydrogen) atoms. The van der Waals surface area contributed by atoms with Gasteiger partial charge >= 0.3 is 5.97 Å². The lowest BCUT2D eigenvalue weighted by Crippen LogP contribution is -2.08. The minimum Gasteiger partial charge on any atom is -0.488 e. The average molecular weight is 531 g/mol. The number of esters is 1. The SMILES string of the molecule is CCOC(=O)c1cccc(C2=C(c3cc(Cl)ccc3OCc3ccc(Br)cc3F)CCC2)n1. The Morgan fingerprint density at radius 1 is 1.12 bits per heavy atom. The zero-order valence-electron chi connectivity index (χ0n) is 18.0. The Morgan fingerprint density at radius 3 is 2.73 bits per heavy atom. The van der Waals surface area contributed by atoms with E-state index in [1.807, 2.05) is 18.2 Å². The maximum Gasteiger partial charge on any atom is 0.356 e. The van der Waals surface area contributed by atoms with Gasteiger partial charge in [0.25, 0.3) is 0 Å². The molecule has 0 aliphatic heterocycles. The summed E-state index contributed by atoms with van der Waals surface area (Å²) in [6, 6.07) is 15.7. The van der Waals surface area contributed by atoms with Crippen LogP contribution >= 0.6 is 27.5 Å². The van der Waals surface area contributed by atoms with Crippen LogP contribution in [0.3, 0.4) is 0 Å². The number of hydrogen-bond acceptors (Lipinski definition) is 4. The number of halogens is 3. The third kappa shape index (κ3) is 5.45. The summed E-state index contributed by atoms with van der Waals surface area (Å²) in [5.74, 6) is -0.152. The number of nitrogens with zero attached hydrogens (tertiary/aromatic N) is 1. The molecule has 7 heteroatoms. The van der Waals surface area contributed by atoms with Crippen molar-refractivity contribution < 1.29 is 18.7 Å². The predicted octanol–water partition coefficient (Wildman–Crippen LogP) is 7.49. The predicted molar refractivity (Wildman–Crippen MR) is 131 cm³/mol. The molecule has 0 saturated heterocycles. The first kappa shape index (κ1) is 23.5. The molecule has 0 N–H and O–H groups in total. The van der Waals surface area contributed by atoms with E-state index < -0.39 is 5.97 Å².